The average molecular weight is 835 g/mol. The van der Waals surface area contributed by atoms with Crippen molar-refractivity contribution < 1.29 is 0 Å². The van der Waals surface area contributed by atoms with Gasteiger partial charge in [-0.25, -0.2) is 0 Å². The van der Waals surface area contributed by atoms with E-state index < -0.39 is 0 Å². The monoisotopic (exact) mass is 834 g/mol. The Balaban J connectivity index is 0.931. The molecule has 0 saturated heterocycles. The molecule has 0 bridgehead atoms. The Morgan fingerprint density at radius 2 is 0.877 bits per heavy atom. The van der Waals surface area contributed by atoms with Crippen LogP contribution in [0.1, 0.15) is 60.1 Å². The van der Waals surface area contributed by atoms with Gasteiger partial charge in [0.25, 0.3) is 0 Å². The van der Waals surface area contributed by atoms with Gasteiger partial charge in [-0.1, -0.05) is 202 Å². The Hall–Kier alpha value is -7.94. The van der Waals surface area contributed by atoms with E-state index in [0.29, 0.717) is 0 Å². The number of para-hydroxylation sites is 4. The summed E-state index contributed by atoms with van der Waals surface area (Å²) in [6.45, 7) is 4.71. The molecule has 0 aromatic heterocycles. The topological polar surface area (TPSA) is 6.48 Å². The fourth-order valence-electron chi connectivity index (χ4n) is 10.3. The van der Waals surface area contributed by atoms with Gasteiger partial charge < -0.3 is 9.80 Å². The molecule has 1 aliphatic carbocycles. The van der Waals surface area contributed by atoms with E-state index in [1.165, 1.54) is 72.4 Å². The average Bonchev–Trinajstić information content (AvgIpc) is 3.53. The maximum absolute atomic E-state index is 2.46. The van der Waals surface area contributed by atoms with E-state index >= 15 is 0 Å². The van der Waals surface area contributed by atoms with Crippen molar-refractivity contribution in [3.05, 3.63) is 252 Å². The molecular weight excluding hydrogens is 785 g/mol. The van der Waals surface area contributed by atoms with Crippen LogP contribution in [0.4, 0.5) is 34.1 Å². The normalized spacial score (nSPS) is 13.2. The van der Waals surface area contributed by atoms with Crippen LogP contribution >= 0.6 is 0 Å². The summed E-state index contributed by atoms with van der Waals surface area (Å²) in [6.07, 6.45) is 11.1. The van der Waals surface area contributed by atoms with Crippen LogP contribution < -0.4 is 9.80 Å². The Kier molecular flexibility index (Phi) is 10.4. The minimum atomic E-state index is -0.0799. The second kappa shape index (κ2) is 17.0. The molecule has 312 valence electrons. The molecule has 9 aromatic carbocycles. The molecule has 1 heterocycles. The van der Waals surface area contributed by atoms with E-state index in [2.05, 4.69) is 266 Å². The first kappa shape index (κ1) is 39.9. The summed E-state index contributed by atoms with van der Waals surface area (Å²) in [5.41, 5.74) is 21.9. The van der Waals surface area contributed by atoms with Crippen molar-refractivity contribution >= 4 is 58.4 Å². The van der Waals surface area contributed by atoms with E-state index in [1.54, 1.807) is 0 Å². The number of hydrogen-bond acceptors (Lipinski definition) is 2. The molecule has 2 aliphatic rings. The van der Waals surface area contributed by atoms with Gasteiger partial charge in [0, 0.05) is 28.0 Å². The van der Waals surface area contributed by atoms with Crippen molar-refractivity contribution in [1.82, 2.24) is 0 Å². The van der Waals surface area contributed by atoms with Gasteiger partial charge in [-0.15, -0.1) is 0 Å². The third-order valence-corrected chi connectivity index (χ3v) is 13.7. The molecule has 9 aromatic rings. The lowest BCUT2D eigenvalue weighted by molar-refractivity contribution is 0.490. The SMILES string of the molecule is CCC1(CC)c2cc(C=Cc3ccc(-c4ccc(-c5ccccc5)cc4N4c5ccccc5C=Cc5ccccc54)cc3)ccc2-c2ccc(N(c3ccccc3)c3ccccc3)cc21. The van der Waals surface area contributed by atoms with Gasteiger partial charge in [-0.2, -0.15) is 0 Å². The van der Waals surface area contributed by atoms with Crippen LogP contribution in [0.25, 0.3) is 57.7 Å². The van der Waals surface area contributed by atoms with E-state index in [0.717, 1.165) is 41.3 Å². The number of benzene rings is 9. The van der Waals surface area contributed by atoms with Gasteiger partial charge in [-0.05, 0) is 129 Å². The highest BCUT2D eigenvalue weighted by atomic mass is 15.2. The summed E-state index contributed by atoms with van der Waals surface area (Å²) < 4.78 is 0. The van der Waals surface area contributed by atoms with Gasteiger partial charge in [0.1, 0.15) is 0 Å². The zero-order valence-corrected chi connectivity index (χ0v) is 36.9. The number of fused-ring (bicyclic) bond motifs is 5. The van der Waals surface area contributed by atoms with E-state index in [-0.39, 0.29) is 5.41 Å². The van der Waals surface area contributed by atoms with Crippen molar-refractivity contribution in [2.24, 2.45) is 0 Å². The highest BCUT2D eigenvalue weighted by molar-refractivity contribution is 5.98. The van der Waals surface area contributed by atoms with Crippen LogP contribution in [-0.2, 0) is 5.41 Å². The first-order valence-electron chi connectivity index (χ1n) is 23.0. The third-order valence-electron chi connectivity index (χ3n) is 13.7. The van der Waals surface area contributed by atoms with Gasteiger partial charge in [0.05, 0.1) is 17.1 Å². The first-order chi connectivity index (χ1) is 32.1. The molecule has 0 radical (unpaired) electrons. The van der Waals surface area contributed by atoms with Crippen molar-refractivity contribution in [3.8, 4) is 33.4 Å². The minimum Gasteiger partial charge on any atom is -0.310 e. The van der Waals surface area contributed by atoms with Gasteiger partial charge >= 0.3 is 0 Å². The molecule has 0 spiro atoms. The van der Waals surface area contributed by atoms with E-state index in [4.69, 9.17) is 0 Å². The quantitative estimate of drug-likeness (QED) is 0.127. The van der Waals surface area contributed by atoms with Gasteiger partial charge in [-0.3, -0.25) is 0 Å². The number of rotatable bonds is 10. The van der Waals surface area contributed by atoms with Crippen LogP contribution in [0.2, 0.25) is 0 Å². The lowest BCUT2D eigenvalue weighted by atomic mass is 9.73. The highest BCUT2D eigenvalue weighted by Gasteiger charge is 2.41. The lowest BCUT2D eigenvalue weighted by Gasteiger charge is -2.32. The van der Waals surface area contributed by atoms with Gasteiger partial charge in [0.2, 0.25) is 0 Å². The highest BCUT2D eigenvalue weighted by Crippen LogP contribution is 2.55. The number of hydrogen-bond donors (Lipinski definition) is 0. The molecule has 0 N–H and O–H groups in total. The Bertz CT molecular complexity index is 3120. The van der Waals surface area contributed by atoms with Crippen molar-refractivity contribution in [2.75, 3.05) is 9.80 Å². The second-order valence-corrected chi connectivity index (χ2v) is 17.2. The van der Waals surface area contributed by atoms with Crippen molar-refractivity contribution in [2.45, 2.75) is 32.1 Å². The Morgan fingerprint density at radius 1 is 0.385 bits per heavy atom. The zero-order chi connectivity index (χ0) is 43.7. The summed E-state index contributed by atoms with van der Waals surface area (Å²) in [5, 5.41) is 0. The number of anilines is 6. The summed E-state index contributed by atoms with van der Waals surface area (Å²) in [7, 11) is 0. The van der Waals surface area contributed by atoms with Crippen molar-refractivity contribution in [1.29, 1.82) is 0 Å². The maximum Gasteiger partial charge on any atom is 0.0546 e. The van der Waals surface area contributed by atoms with Crippen LogP contribution in [0.5, 0.6) is 0 Å². The molecule has 1 aliphatic heterocycles. The molecule has 11 rings (SSSR count). The summed E-state index contributed by atoms with van der Waals surface area (Å²) in [6, 6.07) is 79.7. The van der Waals surface area contributed by atoms with Crippen LogP contribution in [-0.4, -0.2) is 0 Å². The Morgan fingerprint density at radius 3 is 1.49 bits per heavy atom. The molecule has 2 heteroatoms. The van der Waals surface area contributed by atoms with Gasteiger partial charge in [0.15, 0.2) is 0 Å². The summed E-state index contributed by atoms with van der Waals surface area (Å²) in [4.78, 5) is 4.83. The predicted molar refractivity (Wildman–Crippen MR) is 278 cm³/mol. The zero-order valence-electron chi connectivity index (χ0n) is 36.9. The van der Waals surface area contributed by atoms with E-state index in [1.807, 2.05) is 0 Å². The van der Waals surface area contributed by atoms with Crippen LogP contribution in [0.3, 0.4) is 0 Å². The second-order valence-electron chi connectivity index (χ2n) is 17.2. The molecule has 0 atom stereocenters. The molecule has 0 unspecified atom stereocenters. The van der Waals surface area contributed by atoms with E-state index in [9.17, 15) is 0 Å². The maximum atomic E-state index is 2.46. The Labute approximate surface area is 383 Å². The van der Waals surface area contributed by atoms with Crippen LogP contribution in [0, 0.1) is 0 Å². The third kappa shape index (κ3) is 7.18. The fraction of sp³-hybridized carbons (Fsp3) is 0.0794. The smallest absolute Gasteiger partial charge is 0.0546 e. The molecule has 0 saturated carbocycles. The fourth-order valence-corrected chi connectivity index (χ4v) is 10.3. The first-order valence-corrected chi connectivity index (χ1v) is 23.0. The molecule has 0 amide bonds. The summed E-state index contributed by atoms with van der Waals surface area (Å²) >= 11 is 0. The molecular formula is C63H50N2. The standard InChI is InChI=1S/C63H50N2/c1-3-63(4-2)58-42-46(32-39-56(58)57-41-38-54(44-59(57)63)64(52-22-10-6-11-23-52)53-24-12-7-13-25-53)29-28-45-30-33-48(34-31-45)55-40-37-51(47-18-8-5-9-19-47)43-62(55)65-60-26-16-14-20-49(60)35-36-50-21-15-17-27-61(50)65/h5-44H,3-4H2,1-2H3. The van der Waals surface area contributed by atoms with Crippen molar-refractivity contribution in [3.63, 3.8) is 0 Å². The molecule has 65 heavy (non-hydrogen) atoms. The molecule has 0 fully saturated rings. The number of nitrogens with zero attached hydrogens (tertiary/aromatic N) is 2. The minimum absolute atomic E-state index is 0.0799. The van der Waals surface area contributed by atoms with Crippen LogP contribution in [0.15, 0.2) is 218 Å². The summed E-state index contributed by atoms with van der Waals surface area (Å²) in [5.74, 6) is 0. The predicted octanol–water partition coefficient (Wildman–Crippen LogP) is 17.7. The largest absolute Gasteiger partial charge is 0.310 e. The lowest BCUT2D eigenvalue weighted by Crippen LogP contribution is -2.23. The molecule has 2 nitrogen and oxygen atoms in total.